The van der Waals surface area contributed by atoms with Crippen LogP contribution in [0.3, 0.4) is 0 Å². The van der Waals surface area contributed by atoms with Gasteiger partial charge in [-0.1, -0.05) is 0 Å². The molecule has 0 bridgehead atoms. The third-order valence-corrected chi connectivity index (χ3v) is 2.96. The van der Waals surface area contributed by atoms with Crippen LogP contribution < -0.4 is 10.6 Å². The quantitative estimate of drug-likeness (QED) is 0.734. The summed E-state index contributed by atoms with van der Waals surface area (Å²) in [6.07, 6.45) is 3.36. The number of aromatic nitrogens is 2. The van der Waals surface area contributed by atoms with E-state index in [1.54, 1.807) is 0 Å². The third kappa shape index (κ3) is 3.54. The molecule has 0 saturated carbocycles. The number of hydrogen-bond donors (Lipinski definition) is 2. The van der Waals surface area contributed by atoms with Crippen LogP contribution in [0.15, 0.2) is 12.3 Å². The van der Waals surface area contributed by atoms with E-state index in [4.69, 9.17) is 4.74 Å². The van der Waals surface area contributed by atoms with Crippen LogP contribution in [-0.4, -0.2) is 42.0 Å². The van der Waals surface area contributed by atoms with Gasteiger partial charge in [0.05, 0.1) is 19.1 Å². The summed E-state index contributed by atoms with van der Waals surface area (Å²) < 4.78 is 7.05. The zero-order valence-electron chi connectivity index (χ0n) is 10.7. The van der Waals surface area contributed by atoms with Crippen molar-refractivity contribution in [1.29, 1.82) is 0 Å². The highest BCUT2D eigenvalue weighted by molar-refractivity contribution is 5.89. The number of ether oxygens (including phenoxy) is 1. The average Bonchev–Trinajstić information content (AvgIpc) is 2.98. The summed E-state index contributed by atoms with van der Waals surface area (Å²) in [6, 6.07) is 2.23. The molecule has 2 heterocycles. The lowest BCUT2D eigenvalue weighted by atomic mass is 10.3. The van der Waals surface area contributed by atoms with Gasteiger partial charge in [-0.15, -0.1) is 0 Å². The maximum absolute atomic E-state index is 11.6. The Morgan fingerprint density at radius 2 is 2.61 bits per heavy atom. The lowest BCUT2D eigenvalue weighted by molar-refractivity contribution is -0.117. The second-order valence-electron chi connectivity index (χ2n) is 4.32. The molecule has 1 aromatic heterocycles. The minimum atomic E-state index is -0.0572. The van der Waals surface area contributed by atoms with Crippen LogP contribution in [0.1, 0.15) is 25.8 Å². The Kier molecular flexibility index (Phi) is 4.72. The van der Waals surface area contributed by atoms with Crippen molar-refractivity contribution in [2.45, 2.75) is 25.8 Å². The number of nitrogens with one attached hydrogen (secondary N) is 2. The van der Waals surface area contributed by atoms with Gasteiger partial charge in [0.25, 0.3) is 0 Å². The Morgan fingerprint density at radius 3 is 3.33 bits per heavy atom. The number of amides is 1. The molecule has 1 saturated heterocycles. The summed E-state index contributed by atoms with van der Waals surface area (Å²) in [5.74, 6) is 0.557. The van der Waals surface area contributed by atoms with E-state index in [1.165, 1.54) is 0 Å². The normalized spacial score (nSPS) is 19.1. The van der Waals surface area contributed by atoms with E-state index in [-0.39, 0.29) is 5.91 Å². The lowest BCUT2D eigenvalue weighted by Crippen LogP contribution is -2.16. The van der Waals surface area contributed by atoms with Gasteiger partial charge in [0.15, 0.2) is 5.82 Å². The van der Waals surface area contributed by atoms with Crippen LogP contribution >= 0.6 is 0 Å². The summed E-state index contributed by atoms with van der Waals surface area (Å²) >= 11 is 0. The molecule has 0 spiro atoms. The van der Waals surface area contributed by atoms with Crippen LogP contribution in [0, 0.1) is 0 Å². The van der Waals surface area contributed by atoms with E-state index in [0.717, 1.165) is 19.5 Å². The van der Waals surface area contributed by atoms with Crippen molar-refractivity contribution >= 4 is 11.7 Å². The molecule has 2 N–H and O–H groups in total. The Labute approximate surface area is 107 Å². The van der Waals surface area contributed by atoms with Crippen LogP contribution in [0.2, 0.25) is 0 Å². The van der Waals surface area contributed by atoms with Crippen molar-refractivity contribution in [3.05, 3.63) is 12.3 Å². The van der Waals surface area contributed by atoms with E-state index in [0.29, 0.717) is 31.5 Å². The standard InChI is InChI=1S/C12H20N4O2/c1-2-18-8-5-12(17)14-11-4-7-16(15-11)10-3-6-13-9-10/h4,7,10,13H,2-3,5-6,8-9H2,1H3,(H,14,15,17). The molecule has 1 amide bonds. The van der Waals surface area contributed by atoms with Crippen LogP contribution in [-0.2, 0) is 9.53 Å². The Bertz CT molecular complexity index is 385. The van der Waals surface area contributed by atoms with Crippen molar-refractivity contribution in [3.63, 3.8) is 0 Å². The third-order valence-electron chi connectivity index (χ3n) is 2.96. The molecule has 0 radical (unpaired) electrons. The molecular weight excluding hydrogens is 232 g/mol. The molecule has 0 aromatic carbocycles. The van der Waals surface area contributed by atoms with Crippen molar-refractivity contribution in [3.8, 4) is 0 Å². The maximum atomic E-state index is 11.6. The molecule has 0 aliphatic carbocycles. The number of carbonyl (C=O) groups excluding carboxylic acids is 1. The average molecular weight is 252 g/mol. The minimum absolute atomic E-state index is 0.0572. The second-order valence-corrected chi connectivity index (χ2v) is 4.32. The number of carbonyl (C=O) groups is 1. The van der Waals surface area contributed by atoms with Gasteiger partial charge in [-0.25, -0.2) is 0 Å². The predicted octanol–water partition coefficient (Wildman–Crippen LogP) is 0.783. The van der Waals surface area contributed by atoms with Gasteiger partial charge >= 0.3 is 0 Å². The Hall–Kier alpha value is -1.40. The second kappa shape index (κ2) is 6.51. The monoisotopic (exact) mass is 252 g/mol. The van der Waals surface area contributed by atoms with E-state index in [2.05, 4.69) is 15.7 Å². The fraction of sp³-hybridized carbons (Fsp3) is 0.667. The van der Waals surface area contributed by atoms with Gasteiger partial charge in [0.1, 0.15) is 0 Å². The highest BCUT2D eigenvalue weighted by Gasteiger charge is 2.17. The van der Waals surface area contributed by atoms with Crippen molar-refractivity contribution in [1.82, 2.24) is 15.1 Å². The fourth-order valence-electron chi connectivity index (χ4n) is 1.99. The first-order valence-corrected chi connectivity index (χ1v) is 6.43. The Morgan fingerprint density at radius 1 is 1.72 bits per heavy atom. The number of hydrogen-bond acceptors (Lipinski definition) is 4. The predicted molar refractivity (Wildman–Crippen MR) is 68.5 cm³/mol. The summed E-state index contributed by atoms with van der Waals surface area (Å²) in [7, 11) is 0. The molecule has 1 unspecified atom stereocenters. The number of anilines is 1. The molecule has 6 heteroatoms. The largest absolute Gasteiger partial charge is 0.381 e. The summed E-state index contributed by atoms with van der Waals surface area (Å²) in [5, 5.41) is 10.4. The minimum Gasteiger partial charge on any atom is -0.381 e. The molecule has 1 atom stereocenters. The summed E-state index contributed by atoms with van der Waals surface area (Å²) in [4.78, 5) is 11.6. The van der Waals surface area contributed by atoms with E-state index in [1.807, 2.05) is 23.9 Å². The lowest BCUT2D eigenvalue weighted by Gasteiger charge is -2.08. The summed E-state index contributed by atoms with van der Waals surface area (Å²) in [6.45, 7) is 4.97. The first-order chi connectivity index (χ1) is 8.79. The van der Waals surface area contributed by atoms with Crippen LogP contribution in [0.4, 0.5) is 5.82 Å². The molecule has 1 aliphatic rings. The first-order valence-electron chi connectivity index (χ1n) is 6.43. The van der Waals surface area contributed by atoms with Crippen molar-refractivity contribution in [2.75, 3.05) is 31.6 Å². The number of rotatable bonds is 6. The zero-order chi connectivity index (χ0) is 12.8. The molecule has 2 rings (SSSR count). The van der Waals surface area contributed by atoms with Crippen molar-refractivity contribution in [2.24, 2.45) is 0 Å². The highest BCUT2D eigenvalue weighted by Crippen LogP contribution is 2.15. The van der Waals surface area contributed by atoms with Crippen LogP contribution in [0.5, 0.6) is 0 Å². The maximum Gasteiger partial charge on any atom is 0.227 e. The van der Waals surface area contributed by atoms with Gasteiger partial charge in [0.2, 0.25) is 5.91 Å². The van der Waals surface area contributed by atoms with Gasteiger partial charge in [-0.05, 0) is 19.9 Å². The highest BCUT2D eigenvalue weighted by atomic mass is 16.5. The Balaban J connectivity index is 1.80. The van der Waals surface area contributed by atoms with E-state index < -0.39 is 0 Å². The van der Waals surface area contributed by atoms with Crippen LogP contribution in [0.25, 0.3) is 0 Å². The zero-order valence-corrected chi connectivity index (χ0v) is 10.7. The molecule has 18 heavy (non-hydrogen) atoms. The first kappa shape index (κ1) is 13.0. The SMILES string of the molecule is CCOCCC(=O)Nc1ccn(C2CCNC2)n1. The smallest absolute Gasteiger partial charge is 0.227 e. The molecule has 1 aliphatic heterocycles. The molecular formula is C12H20N4O2. The molecule has 6 nitrogen and oxygen atoms in total. The van der Waals surface area contributed by atoms with Gasteiger partial charge in [-0.2, -0.15) is 5.10 Å². The topological polar surface area (TPSA) is 68.2 Å². The van der Waals surface area contributed by atoms with Gasteiger partial charge in [0, 0.05) is 25.4 Å². The molecule has 1 fully saturated rings. The van der Waals surface area contributed by atoms with E-state index in [9.17, 15) is 4.79 Å². The molecule has 100 valence electrons. The van der Waals surface area contributed by atoms with Crippen molar-refractivity contribution < 1.29 is 9.53 Å². The summed E-state index contributed by atoms with van der Waals surface area (Å²) in [5.41, 5.74) is 0. The molecule has 1 aromatic rings. The number of nitrogens with zero attached hydrogens (tertiary/aromatic N) is 2. The van der Waals surface area contributed by atoms with E-state index >= 15 is 0 Å². The van der Waals surface area contributed by atoms with Gasteiger partial charge < -0.3 is 15.4 Å². The van der Waals surface area contributed by atoms with Gasteiger partial charge in [-0.3, -0.25) is 9.48 Å². The fourth-order valence-corrected chi connectivity index (χ4v) is 1.99.